The van der Waals surface area contributed by atoms with Crippen LogP contribution in [0.1, 0.15) is 5.56 Å². The lowest BCUT2D eigenvalue weighted by atomic mass is 10.2. The number of thiocarbonyl (C=S) groups is 1. The summed E-state index contributed by atoms with van der Waals surface area (Å²) in [5.41, 5.74) is 1.18. The summed E-state index contributed by atoms with van der Waals surface area (Å²) in [7, 11) is 0. The van der Waals surface area contributed by atoms with E-state index in [0.29, 0.717) is 0 Å². The highest BCUT2D eigenvalue weighted by Crippen LogP contribution is 1.99. The second-order valence-corrected chi connectivity index (χ2v) is 2.18. The van der Waals surface area contributed by atoms with E-state index in [9.17, 15) is 0 Å². The lowest BCUT2D eigenvalue weighted by Crippen LogP contribution is -1.67. The van der Waals surface area contributed by atoms with Crippen LogP contribution in [0.25, 0.3) is 6.08 Å². The maximum Gasteiger partial charge on any atom is 0.00137 e. The molecule has 0 unspecified atom stereocenters. The molecule has 0 saturated heterocycles. The maximum absolute atomic E-state index is 4.64. The fourth-order valence-electron chi connectivity index (χ4n) is 0.715. The lowest BCUT2D eigenvalue weighted by molar-refractivity contribution is 1.66. The van der Waals surface area contributed by atoms with Gasteiger partial charge in [0.1, 0.15) is 0 Å². The third kappa shape index (κ3) is 2.11. The van der Waals surface area contributed by atoms with Crippen LogP contribution in [0.4, 0.5) is 0 Å². The summed E-state index contributed by atoms with van der Waals surface area (Å²) in [6, 6.07) is 10.1. The predicted molar refractivity (Wildman–Crippen MR) is 49.1 cm³/mol. The van der Waals surface area contributed by atoms with Crippen LogP contribution >= 0.6 is 12.2 Å². The minimum atomic E-state index is 1.18. The van der Waals surface area contributed by atoms with E-state index in [0.717, 1.165) is 0 Å². The lowest BCUT2D eigenvalue weighted by Gasteiger charge is -1.87. The van der Waals surface area contributed by atoms with Gasteiger partial charge in [0.15, 0.2) is 0 Å². The van der Waals surface area contributed by atoms with Crippen LogP contribution in [0, 0.1) is 0 Å². The molecule has 0 saturated carbocycles. The second-order valence-electron chi connectivity index (χ2n) is 1.91. The molecule has 0 radical (unpaired) electrons. The summed E-state index contributed by atoms with van der Waals surface area (Å²) in [5.74, 6) is 0. The van der Waals surface area contributed by atoms with Crippen molar-refractivity contribution in [3.63, 3.8) is 0 Å². The topological polar surface area (TPSA) is 0 Å². The highest BCUT2D eigenvalue weighted by molar-refractivity contribution is 7.79. The molecule has 0 nitrogen and oxygen atoms in total. The highest BCUT2D eigenvalue weighted by Gasteiger charge is 1.78. The number of benzene rings is 1. The summed E-state index contributed by atoms with van der Waals surface area (Å²) in [4.78, 5) is 0. The molecule has 0 aliphatic heterocycles. The summed E-state index contributed by atoms with van der Waals surface area (Å²) < 4.78 is 0. The maximum atomic E-state index is 4.64. The summed E-state index contributed by atoms with van der Waals surface area (Å²) in [6.07, 6.45) is 3.83. The van der Waals surface area contributed by atoms with Gasteiger partial charge in [-0.1, -0.05) is 54.7 Å². The van der Waals surface area contributed by atoms with Crippen LogP contribution < -0.4 is 0 Å². The standard InChI is InChI=1S/C9H8S/c10-8-4-7-9-5-2-1-3-6-9/h1-8H. The van der Waals surface area contributed by atoms with Crippen molar-refractivity contribution in [2.45, 2.75) is 0 Å². The summed E-state index contributed by atoms with van der Waals surface area (Å²) in [6.45, 7) is 0. The predicted octanol–water partition coefficient (Wildman–Crippen LogP) is 2.70. The van der Waals surface area contributed by atoms with Crippen molar-refractivity contribution < 1.29 is 0 Å². The summed E-state index contributed by atoms with van der Waals surface area (Å²) in [5, 5.41) is 1.60. The van der Waals surface area contributed by atoms with Crippen molar-refractivity contribution in [2.75, 3.05) is 0 Å². The van der Waals surface area contributed by atoms with E-state index in [1.807, 2.05) is 42.5 Å². The first-order valence-corrected chi connectivity index (χ1v) is 3.57. The van der Waals surface area contributed by atoms with Crippen molar-refractivity contribution in [3.05, 3.63) is 42.0 Å². The third-order valence-electron chi connectivity index (χ3n) is 1.17. The minimum Gasteiger partial charge on any atom is -0.0887 e. The van der Waals surface area contributed by atoms with Gasteiger partial charge < -0.3 is 0 Å². The van der Waals surface area contributed by atoms with Gasteiger partial charge in [0, 0.05) is 5.37 Å². The van der Waals surface area contributed by atoms with Gasteiger partial charge in [-0.05, 0) is 5.56 Å². The smallest absolute Gasteiger partial charge is 0.00137 e. The van der Waals surface area contributed by atoms with Crippen molar-refractivity contribution in [1.29, 1.82) is 0 Å². The zero-order chi connectivity index (χ0) is 7.23. The van der Waals surface area contributed by atoms with Crippen molar-refractivity contribution in [1.82, 2.24) is 0 Å². The van der Waals surface area contributed by atoms with Crippen LogP contribution in [0.2, 0.25) is 0 Å². The highest BCUT2D eigenvalue weighted by atomic mass is 32.1. The van der Waals surface area contributed by atoms with E-state index >= 15 is 0 Å². The fourth-order valence-corrected chi connectivity index (χ4v) is 0.793. The van der Waals surface area contributed by atoms with Crippen molar-refractivity contribution >= 4 is 23.7 Å². The average Bonchev–Trinajstić information content (AvgIpc) is 2.03. The van der Waals surface area contributed by atoms with Crippen LogP contribution in [-0.4, -0.2) is 5.37 Å². The van der Waals surface area contributed by atoms with Crippen molar-refractivity contribution in [2.24, 2.45) is 0 Å². The Hall–Kier alpha value is -0.950. The third-order valence-corrected chi connectivity index (χ3v) is 1.32. The molecule has 0 N–H and O–H groups in total. The van der Waals surface area contributed by atoms with Crippen LogP contribution in [0.3, 0.4) is 0 Å². The van der Waals surface area contributed by atoms with Gasteiger partial charge in [0.25, 0.3) is 0 Å². The van der Waals surface area contributed by atoms with Gasteiger partial charge in [-0.2, -0.15) is 0 Å². The van der Waals surface area contributed by atoms with Gasteiger partial charge in [0.2, 0.25) is 0 Å². The van der Waals surface area contributed by atoms with Crippen molar-refractivity contribution in [3.8, 4) is 0 Å². The Kier molecular flexibility index (Phi) is 2.84. The molecule has 1 aromatic carbocycles. The van der Waals surface area contributed by atoms with E-state index in [4.69, 9.17) is 0 Å². The van der Waals surface area contributed by atoms with Crippen LogP contribution in [0.15, 0.2) is 36.4 Å². The number of hydrogen-bond acceptors (Lipinski definition) is 1. The van der Waals surface area contributed by atoms with E-state index in [-0.39, 0.29) is 0 Å². The van der Waals surface area contributed by atoms with Crippen LogP contribution in [-0.2, 0) is 0 Å². The molecule has 50 valence electrons. The molecule has 0 aliphatic rings. The molecule has 0 aliphatic carbocycles. The molecular formula is C9H8S. The second kappa shape index (κ2) is 3.96. The molecule has 0 heterocycles. The largest absolute Gasteiger partial charge is 0.0887 e. The molecule has 0 spiro atoms. The van der Waals surface area contributed by atoms with Gasteiger partial charge in [0.05, 0.1) is 0 Å². The van der Waals surface area contributed by atoms with Gasteiger partial charge in [-0.3, -0.25) is 0 Å². The average molecular weight is 148 g/mol. The first-order valence-electron chi connectivity index (χ1n) is 3.10. The monoisotopic (exact) mass is 148 g/mol. The Labute approximate surface area is 66.2 Å². The Morgan fingerprint density at radius 3 is 2.40 bits per heavy atom. The molecule has 0 aromatic heterocycles. The Bertz CT molecular complexity index is 224. The van der Waals surface area contributed by atoms with Gasteiger partial charge in [-0.15, -0.1) is 0 Å². The molecule has 0 bridgehead atoms. The van der Waals surface area contributed by atoms with E-state index in [1.54, 1.807) is 5.37 Å². The number of hydrogen-bond donors (Lipinski definition) is 0. The quantitative estimate of drug-likeness (QED) is 0.459. The molecule has 0 atom stereocenters. The molecule has 0 fully saturated rings. The van der Waals surface area contributed by atoms with Gasteiger partial charge >= 0.3 is 0 Å². The molecule has 1 rings (SSSR count). The minimum absolute atomic E-state index is 1.18. The van der Waals surface area contributed by atoms with Crippen LogP contribution in [0.5, 0.6) is 0 Å². The molecular weight excluding hydrogens is 140 g/mol. The Balaban J connectivity index is 2.76. The molecule has 1 heteroatoms. The van der Waals surface area contributed by atoms with E-state index < -0.39 is 0 Å². The van der Waals surface area contributed by atoms with Gasteiger partial charge in [-0.25, -0.2) is 0 Å². The zero-order valence-corrected chi connectivity index (χ0v) is 6.34. The first kappa shape index (κ1) is 7.16. The number of rotatable bonds is 2. The van der Waals surface area contributed by atoms with E-state index in [2.05, 4.69) is 12.2 Å². The molecule has 1 aromatic rings. The molecule has 0 amide bonds. The number of allylic oxidation sites excluding steroid dienone is 1. The molecule has 10 heavy (non-hydrogen) atoms. The Morgan fingerprint density at radius 2 is 1.80 bits per heavy atom. The normalized spacial score (nSPS) is 10.0. The first-order chi connectivity index (χ1) is 4.93. The zero-order valence-electron chi connectivity index (χ0n) is 5.53. The van der Waals surface area contributed by atoms with E-state index in [1.165, 1.54) is 5.56 Å². The fraction of sp³-hybridized carbons (Fsp3) is 0. The SMILES string of the molecule is S=CC=Cc1ccccc1. The summed E-state index contributed by atoms with van der Waals surface area (Å²) >= 11 is 4.64. The Morgan fingerprint density at radius 1 is 1.10 bits per heavy atom.